The number of amides is 3. The number of benzene rings is 2. The highest BCUT2D eigenvalue weighted by atomic mass is 31.2. The molecule has 1 fully saturated rings. The molecule has 3 amide bonds. The Morgan fingerprint density at radius 2 is 1.56 bits per heavy atom. The highest BCUT2D eigenvalue weighted by Crippen LogP contribution is 2.44. The number of hydrogen-bond acceptors (Lipinski definition) is 9. The Balaban J connectivity index is 1.16. The van der Waals surface area contributed by atoms with E-state index in [1.54, 1.807) is 0 Å². The maximum atomic E-state index is 12.1. The van der Waals surface area contributed by atoms with Gasteiger partial charge in [-0.3, -0.25) is 18.6 Å². The molecule has 0 aromatic heterocycles. The summed E-state index contributed by atoms with van der Waals surface area (Å²) >= 11 is 0. The van der Waals surface area contributed by atoms with E-state index >= 15 is 0 Å². The Morgan fingerprint density at radius 3 is 2.17 bits per heavy atom. The molecule has 13 heteroatoms. The van der Waals surface area contributed by atoms with Gasteiger partial charge < -0.3 is 19.8 Å². The minimum atomic E-state index is -4.67. The number of fused-ring (bicyclic) bond motifs is 3. The van der Waals surface area contributed by atoms with Gasteiger partial charge in [-0.2, -0.15) is 0 Å². The lowest BCUT2D eigenvalue weighted by atomic mass is 9.98. The van der Waals surface area contributed by atoms with E-state index in [4.69, 9.17) is 4.74 Å². The van der Waals surface area contributed by atoms with Gasteiger partial charge >= 0.3 is 19.9 Å². The summed E-state index contributed by atoms with van der Waals surface area (Å²) in [5.41, 5.74) is 4.31. The van der Waals surface area contributed by atoms with Crippen LogP contribution in [0.4, 0.5) is 4.79 Å². The van der Waals surface area contributed by atoms with Crippen LogP contribution in [0.25, 0.3) is 11.1 Å². The number of carbonyl (C=O) groups is 4. The molecule has 2 aromatic carbocycles. The van der Waals surface area contributed by atoms with Crippen molar-refractivity contribution in [2.24, 2.45) is 0 Å². The molecule has 1 atom stereocenters. The quantitative estimate of drug-likeness (QED) is 0.272. The first-order valence-corrected chi connectivity index (χ1v) is 12.5. The molecule has 2 aromatic rings. The maximum Gasteiger partial charge on any atom is 0.472 e. The lowest BCUT2D eigenvalue weighted by Gasteiger charge is -2.15. The smallest absolute Gasteiger partial charge is 0.449 e. The van der Waals surface area contributed by atoms with Crippen molar-refractivity contribution < 1.29 is 47.3 Å². The molecule has 1 heterocycles. The molecule has 36 heavy (non-hydrogen) atoms. The van der Waals surface area contributed by atoms with Crippen molar-refractivity contribution in [1.29, 1.82) is 0 Å². The molecule has 2 N–H and O–H groups in total. The zero-order valence-corrected chi connectivity index (χ0v) is 19.8. The number of nitrogens with one attached hydrogen (secondary N) is 1. The van der Waals surface area contributed by atoms with E-state index in [1.807, 2.05) is 48.5 Å². The molecule has 0 bridgehead atoms. The third-order valence-corrected chi connectivity index (χ3v) is 6.48. The summed E-state index contributed by atoms with van der Waals surface area (Å²) in [6, 6.07) is 15.8. The Kier molecular flexibility index (Phi) is 7.80. The van der Waals surface area contributed by atoms with E-state index in [0.717, 1.165) is 22.3 Å². The highest BCUT2D eigenvalue weighted by molar-refractivity contribution is 7.47. The Hall–Kier alpha value is -3.57. The third kappa shape index (κ3) is 5.97. The van der Waals surface area contributed by atoms with Crippen LogP contribution in [-0.2, 0) is 37.6 Å². The van der Waals surface area contributed by atoms with Gasteiger partial charge in [-0.1, -0.05) is 48.5 Å². The predicted molar refractivity (Wildman–Crippen MR) is 122 cm³/mol. The SMILES string of the molecule is O=C(COP(=O)(O)OCCNC(=O)OCC1c2ccccc2-c2ccccc21)ON1C(=O)CCC1=O. The topological polar surface area (TPSA) is 158 Å². The van der Waals surface area contributed by atoms with E-state index in [-0.39, 0.29) is 37.0 Å². The molecule has 1 aliphatic heterocycles. The van der Waals surface area contributed by atoms with Crippen LogP contribution in [0.3, 0.4) is 0 Å². The molecule has 12 nitrogen and oxygen atoms in total. The molecular weight excluding hydrogens is 495 g/mol. The van der Waals surface area contributed by atoms with Gasteiger partial charge in [-0.05, 0) is 22.3 Å². The van der Waals surface area contributed by atoms with Crippen LogP contribution in [0.1, 0.15) is 29.9 Å². The number of phosphoric acid groups is 1. The number of nitrogens with zero attached hydrogens (tertiary/aromatic N) is 1. The fraction of sp³-hybridized carbons (Fsp3) is 0.304. The average molecular weight is 518 g/mol. The minimum absolute atomic E-state index is 0.0920. The van der Waals surface area contributed by atoms with E-state index in [1.165, 1.54) is 0 Å². The Morgan fingerprint density at radius 1 is 0.972 bits per heavy atom. The van der Waals surface area contributed by atoms with Crippen molar-refractivity contribution in [2.75, 3.05) is 26.4 Å². The van der Waals surface area contributed by atoms with Crippen LogP contribution in [0, 0.1) is 0 Å². The highest BCUT2D eigenvalue weighted by Gasteiger charge is 2.34. The largest absolute Gasteiger partial charge is 0.472 e. The predicted octanol–water partition coefficient (Wildman–Crippen LogP) is 2.27. The molecule has 0 saturated carbocycles. The minimum Gasteiger partial charge on any atom is -0.449 e. The van der Waals surface area contributed by atoms with Crippen LogP contribution in [-0.4, -0.2) is 60.2 Å². The van der Waals surface area contributed by atoms with E-state index in [2.05, 4.69) is 19.2 Å². The van der Waals surface area contributed by atoms with Crippen molar-refractivity contribution in [1.82, 2.24) is 10.4 Å². The lowest BCUT2D eigenvalue weighted by Crippen LogP contribution is -2.33. The monoisotopic (exact) mass is 518 g/mol. The summed E-state index contributed by atoms with van der Waals surface area (Å²) in [6.07, 6.45) is -0.922. The van der Waals surface area contributed by atoms with Gasteiger partial charge in [0.25, 0.3) is 11.8 Å². The van der Waals surface area contributed by atoms with Crippen LogP contribution in [0.5, 0.6) is 0 Å². The molecule has 0 radical (unpaired) electrons. The average Bonchev–Trinajstić information content (AvgIpc) is 3.36. The zero-order valence-electron chi connectivity index (χ0n) is 19.0. The number of rotatable bonds is 10. The van der Waals surface area contributed by atoms with Crippen LogP contribution >= 0.6 is 7.82 Å². The second kappa shape index (κ2) is 11.0. The van der Waals surface area contributed by atoms with E-state index in [0.29, 0.717) is 0 Å². The molecule has 190 valence electrons. The summed E-state index contributed by atoms with van der Waals surface area (Å²) in [7, 11) is -4.67. The molecule has 4 rings (SSSR count). The summed E-state index contributed by atoms with van der Waals surface area (Å²) < 4.78 is 26.4. The van der Waals surface area contributed by atoms with Crippen molar-refractivity contribution in [3.63, 3.8) is 0 Å². The molecule has 1 unspecified atom stereocenters. The second-order valence-corrected chi connectivity index (χ2v) is 9.33. The number of phosphoric ester groups is 1. The third-order valence-electron chi connectivity index (χ3n) is 5.51. The maximum absolute atomic E-state index is 12.1. The van der Waals surface area contributed by atoms with Gasteiger partial charge in [0.15, 0.2) is 6.61 Å². The van der Waals surface area contributed by atoms with Gasteiger partial charge in [0.05, 0.1) is 6.61 Å². The molecule has 1 aliphatic carbocycles. The Bertz CT molecular complexity index is 1170. The molecular formula is C23H23N2O10P. The summed E-state index contributed by atoms with van der Waals surface area (Å²) in [5, 5.41) is 2.69. The first kappa shape index (κ1) is 25.5. The fourth-order valence-electron chi connectivity index (χ4n) is 3.92. The number of hydroxylamine groups is 2. The lowest BCUT2D eigenvalue weighted by molar-refractivity contribution is -0.199. The summed E-state index contributed by atoms with van der Waals surface area (Å²) in [6.45, 7) is -1.53. The summed E-state index contributed by atoms with van der Waals surface area (Å²) in [5.74, 6) is -2.74. The van der Waals surface area contributed by atoms with E-state index in [9.17, 15) is 28.6 Å². The summed E-state index contributed by atoms with van der Waals surface area (Å²) in [4.78, 5) is 60.7. The van der Waals surface area contributed by atoms with E-state index < -0.39 is 44.9 Å². The van der Waals surface area contributed by atoms with Gasteiger partial charge in [-0.15, -0.1) is 5.06 Å². The first-order valence-electron chi connectivity index (χ1n) is 11.0. The number of hydrogen-bond donors (Lipinski definition) is 2. The standard InChI is InChI=1S/C23H23N2O10P/c26-20-9-10-21(27)25(20)35-22(28)14-34-36(30,31)33-12-11-24-23(29)32-13-19-17-7-3-1-5-15(17)16-6-2-4-8-18(16)19/h1-8,19H,9-14H2,(H,24,29)(H,30,31). The zero-order chi connectivity index (χ0) is 25.7. The number of carbonyl (C=O) groups excluding carboxylic acids is 4. The first-order chi connectivity index (χ1) is 17.2. The van der Waals surface area contributed by atoms with Crippen LogP contribution in [0.2, 0.25) is 0 Å². The van der Waals surface area contributed by atoms with Gasteiger partial charge in [0, 0.05) is 25.3 Å². The number of alkyl carbamates (subject to hydrolysis) is 1. The molecule has 1 saturated heterocycles. The normalized spacial score (nSPS) is 16.3. The second-order valence-electron chi connectivity index (χ2n) is 7.87. The van der Waals surface area contributed by atoms with Crippen LogP contribution < -0.4 is 5.32 Å². The van der Waals surface area contributed by atoms with Gasteiger partial charge in [0.1, 0.15) is 6.61 Å². The van der Waals surface area contributed by atoms with Crippen molar-refractivity contribution in [2.45, 2.75) is 18.8 Å². The van der Waals surface area contributed by atoms with Crippen molar-refractivity contribution >= 4 is 31.7 Å². The van der Waals surface area contributed by atoms with Gasteiger partial charge in [0.2, 0.25) is 0 Å². The van der Waals surface area contributed by atoms with Gasteiger partial charge in [-0.25, -0.2) is 14.2 Å². The van der Waals surface area contributed by atoms with Crippen LogP contribution in [0.15, 0.2) is 48.5 Å². The number of imide groups is 1. The van der Waals surface area contributed by atoms with Crippen molar-refractivity contribution in [3.8, 4) is 11.1 Å². The Labute approximate surface area is 205 Å². The molecule has 2 aliphatic rings. The molecule has 0 spiro atoms. The van der Waals surface area contributed by atoms with Crippen molar-refractivity contribution in [3.05, 3.63) is 59.7 Å². The number of ether oxygens (including phenoxy) is 1. The fourth-order valence-corrected chi connectivity index (χ4v) is 4.59.